The quantitative estimate of drug-likeness (QED) is 0.834. The Kier molecular flexibility index (Phi) is 4.79. The molecule has 3 rings (SSSR count). The minimum Gasteiger partial charge on any atom is -0.336 e. The molecule has 0 atom stereocenters. The number of hydrogen-bond donors (Lipinski definition) is 0. The number of benzene rings is 1. The van der Waals surface area contributed by atoms with E-state index in [4.69, 9.17) is 0 Å². The summed E-state index contributed by atoms with van der Waals surface area (Å²) in [5.74, 6) is 0.187. The molecule has 4 nitrogen and oxygen atoms in total. The highest BCUT2D eigenvalue weighted by molar-refractivity contribution is 5.94. The monoisotopic (exact) mass is 301 g/mol. The number of carbonyl (C=O) groups excluding carboxylic acids is 1. The van der Waals surface area contributed by atoms with Crippen molar-refractivity contribution in [2.45, 2.75) is 25.8 Å². The van der Waals surface area contributed by atoms with Crippen molar-refractivity contribution in [1.29, 1.82) is 0 Å². The molecule has 0 spiro atoms. The van der Waals surface area contributed by atoms with Crippen molar-refractivity contribution < 1.29 is 4.79 Å². The smallest absolute Gasteiger partial charge is 0.253 e. The van der Waals surface area contributed by atoms with Crippen LogP contribution in [0.2, 0.25) is 0 Å². The first kappa shape index (κ1) is 15.5. The van der Waals surface area contributed by atoms with Crippen LogP contribution in [0.5, 0.6) is 0 Å². The Morgan fingerprint density at radius 2 is 1.73 bits per heavy atom. The van der Waals surface area contributed by atoms with Crippen molar-refractivity contribution in [3.8, 4) is 0 Å². The Hall–Kier alpha value is -1.39. The summed E-state index contributed by atoms with van der Waals surface area (Å²) in [6.07, 6.45) is 2.53. The maximum absolute atomic E-state index is 12.6. The summed E-state index contributed by atoms with van der Waals surface area (Å²) < 4.78 is 0. The second kappa shape index (κ2) is 6.80. The van der Waals surface area contributed by atoms with E-state index in [2.05, 4.69) is 16.8 Å². The zero-order valence-electron chi connectivity index (χ0n) is 13.8. The summed E-state index contributed by atoms with van der Waals surface area (Å²) in [4.78, 5) is 19.6. The molecule has 2 aliphatic heterocycles. The molecule has 0 saturated carbocycles. The van der Waals surface area contributed by atoms with Gasteiger partial charge in [-0.15, -0.1) is 0 Å². The molecule has 0 aliphatic carbocycles. The number of hydrogen-bond acceptors (Lipinski definition) is 3. The summed E-state index contributed by atoms with van der Waals surface area (Å²) in [5, 5.41) is 0. The zero-order valence-corrected chi connectivity index (χ0v) is 13.8. The maximum atomic E-state index is 12.6. The number of aryl methyl sites for hydroxylation is 1. The Labute approximate surface area is 133 Å². The second-order valence-electron chi connectivity index (χ2n) is 6.73. The topological polar surface area (TPSA) is 26.8 Å². The van der Waals surface area contributed by atoms with E-state index in [1.165, 1.54) is 25.9 Å². The lowest BCUT2D eigenvalue weighted by atomic mass is 10.0. The molecule has 2 heterocycles. The number of amides is 1. The molecule has 2 saturated heterocycles. The fraction of sp³-hybridized carbons (Fsp3) is 0.611. The first-order chi connectivity index (χ1) is 10.6. The van der Waals surface area contributed by atoms with E-state index in [-0.39, 0.29) is 5.91 Å². The van der Waals surface area contributed by atoms with Gasteiger partial charge < -0.3 is 9.80 Å². The highest BCUT2D eigenvalue weighted by Crippen LogP contribution is 2.18. The van der Waals surface area contributed by atoms with Crippen LogP contribution >= 0.6 is 0 Å². The van der Waals surface area contributed by atoms with Crippen molar-refractivity contribution in [1.82, 2.24) is 14.7 Å². The van der Waals surface area contributed by atoms with E-state index in [1.54, 1.807) is 0 Å². The number of piperazine rings is 1. The zero-order chi connectivity index (χ0) is 15.5. The van der Waals surface area contributed by atoms with Gasteiger partial charge in [-0.1, -0.05) is 17.7 Å². The van der Waals surface area contributed by atoms with Crippen molar-refractivity contribution in [3.63, 3.8) is 0 Å². The van der Waals surface area contributed by atoms with Gasteiger partial charge in [-0.25, -0.2) is 0 Å². The van der Waals surface area contributed by atoms with Crippen LogP contribution in [0.3, 0.4) is 0 Å². The fourth-order valence-corrected chi connectivity index (χ4v) is 3.61. The van der Waals surface area contributed by atoms with Crippen LogP contribution in [0.15, 0.2) is 24.3 Å². The first-order valence-corrected chi connectivity index (χ1v) is 8.42. The number of nitrogens with zero attached hydrogens (tertiary/aromatic N) is 3. The lowest BCUT2D eigenvalue weighted by Gasteiger charge is -2.42. The van der Waals surface area contributed by atoms with E-state index in [0.29, 0.717) is 6.04 Å². The Morgan fingerprint density at radius 1 is 1.05 bits per heavy atom. The second-order valence-corrected chi connectivity index (χ2v) is 6.73. The lowest BCUT2D eigenvalue weighted by molar-refractivity contribution is 0.0475. The van der Waals surface area contributed by atoms with E-state index >= 15 is 0 Å². The Balaban J connectivity index is 1.54. The van der Waals surface area contributed by atoms with Gasteiger partial charge in [0.15, 0.2) is 0 Å². The minimum absolute atomic E-state index is 0.187. The van der Waals surface area contributed by atoms with Crippen molar-refractivity contribution >= 4 is 5.91 Å². The van der Waals surface area contributed by atoms with Crippen molar-refractivity contribution in [2.24, 2.45) is 0 Å². The molecule has 2 fully saturated rings. The third kappa shape index (κ3) is 3.50. The van der Waals surface area contributed by atoms with Gasteiger partial charge in [-0.3, -0.25) is 9.69 Å². The third-order valence-corrected chi connectivity index (χ3v) is 5.07. The molecular formula is C18H27N3O. The fourth-order valence-electron chi connectivity index (χ4n) is 3.61. The Bertz CT molecular complexity index is 515. The SMILES string of the molecule is Cc1cccc(C(=O)N2CCN(C3CCN(C)CC3)CC2)c1. The van der Waals surface area contributed by atoms with Gasteiger partial charge in [0.05, 0.1) is 0 Å². The Morgan fingerprint density at radius 3 is 2.36 bits per heavy atom. The molecule has 0 N–H and O–H groups in total. The van der Waals surface area contributed by atoms with Gasteiger partial charge in [0.25, 0.3) is 5.91 Å². The lowest BCUT2D eigenvalue weighted by Crippen LogP contribution is -2.54. The molecule has 1 amide bonds. The van der Waals surface area contributed by atoms with Crippen LogP contribution in [0.25, 0.3) is 0 Å². The van der Waals surface area contributed by atoms with Crippen LogP contribution in [-0.2, 0) is 0 Å². The van der Waals surface area contributed by atoms with E-state index < -0.39 is 0 Å². The molecule has 4 heteroatoms. The predicted molar refractivity (Wildman–Crippen MR) is 89.2 cm³/mol. The van der Waals surface area contributed by atoms with Crippen LogP contribution in [0.4, 0.5) is 0 Å². The molecule has 0 unspecified atom stereocenters. The molecule has 1 aromatic rings. The highest BCUT2D eigenvalue weighted by Gasteiger charge is 2.28. The van der Waals surface area contributed by atoms with Gasteiger partial charge >= 0.3 is 0 Å². The van der Waals surface area contributed by atoms with Gasteiger partial charge in [-0.2, -0.15) is 0 Å². The van der Waals surface area contributed by atoms with Crippen LogP contribution < -0.4 is 0 Å². The first-order valence-electron chi connectivity index (χ1n) is 8.42. The third-order valence-electron chi connectivity index (χ3n) is 5.07. The standard InChI is InChI=1S/C18H27N3O/c1-15-4-3-5-16(14-15)18(22)21-12-10-20(11-13-21)17-6-8-19(2)9-7-17/h3-5,14,17H,6-13H2,1-2H3. The molecule has 2 aliphatic rings. The van der Waals surface area contributed by atoms with Gasteiger partial charge in [0.1, 0.15) is 0 Å². The predicted octanol–water partition coefficient (Wildman–Crippen LogP) is 1.85. The largest absolute Gasteiger partial charge is 0.336 e. The summed E-state index contributed by atoms with van der Waals surface area (Å²) in [6.45, 7) is 8.20. The molecule has 0 bridgehead atoms. The molecular weight excluding hydrogens is 274 g/mol. The van der Waals surface area contributed by atoms with Gasteiger partial charge in [0, 0.05) is 37.8 Å². The van der Waals surface area contributed by atoms with Crippen molar-refractivity contribution in [2.75, 3.05) is 46.3 Å². The normalized spacial score (nSPS) is 22.0. The average molecular weight is 301 g/mol. The van der Waals surface area contributed by atoms with E-state index in [1.807, 2.05) is 36.1 Å². The van der Waals surface area contributed by atoms with Gasteiger partial charge in [0.2, 0.25) is 0 Å². The number of carbonyl (C=O) groups is 1. The number of piperidine rings is 1. The summed E-state index contributed by atoms with van der Waals surface area (Å²) in [6, 6.07) is 8.64. The van der Waals surface area contributed by atoms with Crippen molar-refractivity contribution in [3.05, 3.63) is 35.4 Å². The van der Waals surface area contributed by atoms with Crippen LogP contribution in [0, 0.1) is 6.92 Å². The molecule has 1 aromatic carbocycles. The average Bonchev–Trinajstić information content (AvgIpc) is 2.55. The summed E-state index contributed by atoms with van der Waals surface area (Å²) >= 11 is 0. The highest BCUT2D eigenvalue weighted by atomic mass is 16.2. The van der Waals surface area contributed by atoms with E-state index in [9.17, 15) is 4.79 Å². The van der Waals surface area contributed by atoms with E-state index in [0.717, 1.165) is 37.3 Å². The minimum atomic E-state index is 0.187. The molecule has 120 valence electrons. The number of rotatable bonds is 2. The maximum Gasteiger partial charge on any atom is 0.253 e. The molecule has 0 radical (unpaired) electrons. The summed E-state index contributed by atoms with van der Waals surface area (Å²) in [7, 11) is 2.20. The number of likely N-dealkylation sites (tertiary alicyclic amines) is 1. The van der Waals surface area contributed by atoms with Gasteiger partial charge in [-0.05, 0) is 52.0 Å². The van der Waals surface area contributed by atoms with Crippen LogP contribution in [-0.4, -0.2) is 73.0 Å². The summed E-state index contributed by atoms with van der Waals surface area (Å²) in [5.41, 5.74) is 1.98. The molecule has 22 heavy (non-hydrogen) atoms. The molecule has 0 aromatic heterocycles. The van der Waals surface area contributed by atoms with Crippen LogP contribution in [0.1, 0.15) is 28.8 Å².